The molecule has 8 nitrogen and oxygen atoms in total. The zero-order chi connectivity index (χ0) is 24.4. The van der Waals surface area contributed by atoms with Crippen LogP contribution in [0.5, 0.6) is 0 Å². The van der Waals surface area contributed by atoms with Gasteiger partial charge in [0.25, 0.3) is 10.0 Å². The molecule has 3 aliphatic rings. The molecule has 2 saturated heterocycles. The summed E-state index contributed by atoms with van der Waals surface area (Å²) in [6.45, 7) is 4.86. The zero-order valence-electron chi connectivity index (χ0n) is 20.1. The third kappa shape index (κ3) is 5.46. The molecule has 0 radical (unpaired) electrons. The van der Waals surface area contributed by atoms with Crippen LogP contribution in [-0.2, 0) is 22.9 Å². The number of carboxylic acids is 1. The lowest BCUT2D eigenvalue weighted by Crippen LogP contribution is -2.41. The number of fused-ring (bicyclic) bond motifs is 1. The largest absolute Gasteiger partial charge is 0.478 e. The summed E-state index contributed by atoms with van der Waals surface area (Å²) in [5.41, 5.74) is 2.47. The highest BCUT2D eigenvalue weighted by molar-refractivity contribution is 7.92. The van der Waals surface area contributed by atoms with Crippen LogP contribution in [0.3, 0.4) is 0 Å². The van der Waals surface area contributed by atoms with Gasteiger partial charge in [0.15, 0.2) is 0 Å². The third-order valence-electron chi connectivity index (χ3n) is 7.51. The van der Waals surface area contributed by atoms with Crippen LogP contribution in [-0.4, -0.2) is 62.1 Å². The number of carboxylic acid groups (broad SMARTS) is 1. The van der Waals surface area contributed by atoms with Crippen LogP contribution in [0.15, 0.2) is 35.4 Å². The maximum absolute atomic E-state index is 13.1. The molecule has 3 heterocycles. The van der Waals surface area contributed by atoms with E-state index in [0.717, 1.165) is 76.8 Å². The second-order valence-corrected chi connectivity index (χ2v) is 11.8. The number of pyridine rings is 1. The van der Waals surface area contributed by atoms with E-state index in [4.69, 9.17) is 0 Å². The van der Waals surface area contributed by atoms with E-state index in [0.29, 0.717) is 11.7 Å². The number of aromatic carboxylic acids is 1. The quantitative estimate of drug-likeness (QED) is 0.599. The highest BCUT2D eigenvalue weighted by Gasteiger charge is 2.27. The van der Waals surface area contributed by atoms with Crippen molar-refractivity contribution in [2.75, 3.05) is 42.3 Å². The Kier molecular flexibility index (Phi) is 6.98. The molecular weight excluding hydrogens is 464 g/mol. The van der Waals surface area contributed by atoms with Gasteiger partial charge in [-0.25, -0.2) is 18.2 Å². The summed E-state index contributed by atoms with van der Waals surface area (Å²) in [4.78, 5) is 21.3. The first-order chi connectivity index (χ1) is 16.9. The topological polar surface area (TPSA) is 103 Å². The standard InChI is InChI=1S/C26H34N4O4S/c31-26(32)24-15-22(28-35(33,34)23-10-9-20-7-1-2-8-21(20)14-23)16-27-25(24)30-13-5-6-19(18-30)17-29-11-3-4-12-29/h9-10,14-16,19,28H,1-8,11-13,17-18H2,(H,31,32)/t19-/m1/s1. The fourth-order valence-corrected chi connectivity index (χ4v) is 6.83. The second-order valence-electron chi connectivity index (χ2n) is 10.1. The first-order valence-corrected chi connectivity index (χ1v) is 14.2. The predicted molar refractivity (Wildman–Crippen MR) is 136 cm³/mol. The van der Waals surface area contributed by atoms with Crippen LogP contribution >= 0.6 is 0 Å². The number of aryl methyl sites for hydroxylation is 2. The van der Waals surface area contributed by atoms with Crippen molar-refractivity contribution in [1.29, 1.82) is 0 Å². The molecule has 2 aliphatic heterocycles. The summed E-state index contributed by atoms with van der Waals surface area (Å²) in [5.74, 6) is -0.211. The summed E-state index contributed by atoms with van der Waals surface area (Å²) in [7, 11) is -3.85. The first kappa shape index (κ1) is 24.1. The number of piperidine rings is 1. The van der Waals surface area contributed by atoms with Gasteiger partial charge in [0.05, 0.1) is 16.8 Å². The van der Waals surface area contributed by atoms with Gasteiger partial charge in [-0.3, -0.25) is 4.72 Å². The van der Waals surface area contributed by atoms with Gasteiger partial charge >= 0.3 is 5.97 Å². The SMILES string of the molecule is O=C(O)c1cc(NS(=O)(=O)c2ccc3c(c2)CCCC3)cnc1N1CCC[C@H](CN2CCCC2)C1. The molecule has 1 atom stereocenters. The van der Waals surface area contributed by atoms with E-state index in [1.807, 2.05) is 6.07 Å². The van der Waals surface area contributed by atoms with Gasteiger partial charge in [-0.1, -0.05) is 6.07 Å². The number of aromatic nitrogens is 1. The molecule has 2 fully saturated rings. The van der Waals surface area contributed by atoms with E-state index in [2.05, 4.69) is 19.5 Å². The molecule has 0 saturated carbocycles. The molecule has 188 valence electrons. The van der Waals surface area contributed by atoms with Crippen LogP contribution in [0, 0.1) is 5.92 Å². The minimum atomic E-state index is -3.85. The second kappa shape index (κ2) is 10.1. The van der Waals surface area contributed by atoms with E-state index >= 15 is 0 Å². The van der Waals surface area contributed by atoms with Crippen molar-refractivity contribution in [3.05, 3.63) is 47.2 Å². The fraction of sp³-hybridized carbons (Fsp3) is 0.538. The molecule has 0 spiro atoms. The average molecular weight is 499 g/mol. The monoisotopic (exact) mass is 498 g/mol. The molecule has 5 rings (SSSR count). The number of nitrogens with one attached hydrogen (secondary N) is 1. The molecule has 0 amide bonds. The number of nitrogens with zero attached hydrogens (tertiary/aromatic N) is 3. The Morgan fingerprint density at radius 1 is 1.03 bits per heavy atom. The number of sulfonamides is 1. The van der Waals surface area contributed by atoms with Crippen molar-refractivity contribution < 1.29 is 18.3 Å². The molecule has 1 aromatic carbocycles. The lowest BCUT2D eigenvalue weighted by molar-refractivity contribution is 0.0697. The summed E-state index contributed by atoms with van der Waals surface area (Å²) in [5, 5.41) is 9.91. The van der Waals surface area contributed by atoms with Crippen LogP contribution in [0.25, 0.3) is 0 Å². The molecule has 2 N–H and O–H groups in total. The number of carbonyl (C=O) groups is 1. The van der Waals surface area contributed by atoms with E-state index in [-0.39, 0.29) is 16.1 Å². The predicted octanol–water partition coefficient (Wildman–Crippen LogP) is 3.77. The molecule has 0 bridgehead atoms. The van der Waals surface area contributed by atoms with Gasteiger partial charge in [0, 0.05) is 19.6 Å². The maximum atomic E-state index is 13.1. The van der Waals surface area contributed by atoms with Gasteiger partial charge in [-0.15, -0.1) is 0 Å². The normalized spacial score (nSPS) is 21.0. The van der Waals surface area contributed by atoms with E-state index in [1.54, 1.807) is 12.1 Å². The van der Waals surface area contributed by atoms with Crippen LogP contribution in [0.1, 0.15) is 60.0 Å². The Morgan fingerprint density at radius 2 is 1.80 bits per heavy atom. The summed E-state index contributed by atoms with van der Waals surface area (Å²) in [6, 6.07) is 6.65. The van der Waals surface area contributed by atoms with Crippen LogP contribution in [0.2, 0.25) is 0 Å². The molecular formula is C26H34N4O4S. The Bertz CT molecular complexity index is 1190. The number of rotatable bonds is 7. The molecule has 1 aliphatic carbocycles. The van der Waals surface area contributed by atoms with Gasteiger partial charge in [0.2, 0.25) is 0 Å². The molecule has 1 aromatic heterocycles. The van der Waals surface area contributed by atoms with E-state index in [1.165, 1.54) is 30.7 Å². The number of hydrogen-bond donors (Lipinski definition) is 2. The molecule has 0 unspecified atom stereocenters. The lowest BCUT2D eigenvalue weighted by atomic mass is 9.92. The lowest BCUT2D eigenvalue weighted by Gasteiger charge is -2.36. The molecule has 9 heteroatoms. The van der Waals surface area contributed by atoms with Crippen molar-refractivity contribution in [1.82, 2.24) is 9.88 Å². The van der Waals surface area contributed by atoms with Crippen molar-refractivity contribution in [3.8, 4) is 0 Å². The minimum absolute atomic E-state index is 0.0254. The highest BCUT2D eigenvalue weighted by Crippen LogP contribution is 2.29. The maximum Gasteiger partial charge on any atom is 0.339 e. The molecule has 2 aromatic rings. The Balaban J connectivity index is 1.34. The van der Waals surface area contributed by atoms with E-state index in [9.17, 15) is 18.3 Å². The van der Waals surface area contributed by atoms with Crippen molar-refractivity contribution >= 4 is 27.5 Å². The van der Waals surface area contributed by atoms with Gasteiger partial charge in [-0.05, 0) is 99.7 Å². The highest BCUT2D eigenvalue weighted by atomic mass is 32.2. The Labute approximate surface area is 207 Å². The zero-order valence-corrected chi connectivity index (χ0v) is 20.9. The average Bonchev–Trinajstić information content (AvgIpc) is 3.36. The van der Waals surface area contributed by atoms with Crippen molar-refractivity contribution in [2.45, 2.75) is 56.3 Å². The number of hydrogen-bond acceptors (Lipinski definition) is 6. The number of likely N-dealkylation sites (tertiary alicyclic amines) is 1. The third-order valence-corrected chi connectivity index (χ3v) is 8.89. The van der Waals surface area contributed by atoms with Gasteiger partial charge in [0.1, 0.15) is 11.4 Å². The van der Waals surface area contributed by atoms with Crippen molar-refractivity contribution in [2.24, 2.45) is 5.92 Å². The smallest absolute Gasteiger partial charge is 0.339 e. The van der Waals surface area contributed by atoms with E-state index < -0.39 is 16.0 Å². The number of anilines is 2. The summed E-state index contributed by atoms with van der Waals surface area (Å²) < 4.78 is 28.7. The summed E-state index contributed by atoms with van der Waals surface area (Å²) >= 11 is 0. The van der Waals surface area contributed by atoms with Gasteiger partial charge in [-0.2, -0.15) is 0 Å². The fourth-order valence-electron chi connectivity index (χ4n) is 5.75. The van der Waals surface area contributed by atoms with Crippen LogP contribution < -0.4 is 9.62 Å². The van der Waals surface area contributed by atoms with Crippen molar-refractivity contribution in [3.63, 3.8) is 0 Å². The Morgan fingerprint density at radius 3 is 2.57 bits per heavy atom. The summed E-state index contributed by atoms with van der Waals surface area (Å²) in [6.07, 6.45) is 10.1. The first-order valence-electron chi connectivity index (χ1n) is 12.7. The molecule has 35 heavy (non-hydrogen) atoms. The minimum Gasteiger partial charge on any atom is -0.478 e. The van der Waals surface area contributed by atoms with Crippen LogP contribution in [0.4, 0.5) is 11.5 Å². The Hall–Kier alpha value is -2.65. The number of benzene rings is 1. The van der Waals surface area contributed by atoms with Gasteiger partial charge < -0.3 is 14.9 Å².